The highest BCUT2D eigenvalue weighted by atomic mass is 79.9. The number of ether oxygens (including phenoxy) is 1. The van der Waals surface area contributed by atoms with E-state index >= 15 is 0 Å². The maximum absolute atomic E-state index is 11.0. The molecule has 1 aromatic rings. The SMILES string of the molecule is CC1CCC(Oc2ccc(Br)cc2[N+](=O)[O-])CC1. The van der Waals surface area contributed by atoms with Gasteiger partial charge in [-0.25, -0.2) is 0 Å². The molecule has 0 unspecified atom stereocenters. The van der Waals surface area contributed by atoms with Gasteiger partial charge in [-0.3, -0.25) is 10.1 Å². The first kappa shape index (κ1) is 13.3. The predicted molar refractivity (Wildman–Crippen MR) is 72.8 cm³/mol. The largest absolute Gasteiger partial charge is 0.484 e. The Morgan fingerprint density at radius 3 is 2.61 bits per heavy atom. The van der Waals surface area contributed by atoms with Crippen LogP contribution in [0, 0.1) is 16.0 Å². The smallest absolute Gasteiger partial charge is 0.312 e. The number of benzene rings is 1. The van der Waals surface area contributed by atoms with Crippen LogP contribution in [0.5, 0.6) is 5.75 Å². The van der Waals surface area contributed by atoms with Gasteiger partial charge >= 0.3 is 5.69 Å². The van der Waals surface area contributed by atoms with Crippen LogP contribution < -0.4 is 4.74 Å². The summed E-state index contributed by atoms with van der Waals surface area (Å²) in [6, 6.07) is 4.93. The lowest BCUT2D eigenvalue weighted by molar-refractivity contribution is -0.386. The average molecular weight is 314 g/mol. The molecule has 4 nitrogen and oxygen atoms in total. The molecule has 0 saturated heterocycles. The van der Waals surface area contributed by atoms with Crippen molar-refractivity contribution in [2.75, 3.05) is 0 Å². The van der Waals surface area contributed by atoms with Crippen molar-refractivity contribution in [2.24, 2.45) is 5.92 Å². The molecule has 1 aliphatic carbocycles. The molecule has 0 amide bonds. The van der Waals surface area contributed by atoms with Gasteiger partial charge < -0.3 is 4.74 Å². The van der Waals surface area contributed by atoms with E-state index < -0.39 is 4.92 Å². The molecule has 18 heavy (non-hydrogen) atoms. The van der Waals surface area contributed by atoms with Gasteiger partial charge in [0.2, 0.25) is 0 Å². The number of hydrogen-bond donors (Lipinski definition) is 0. The fourth-order valence-corrected chi connectivity index (χ4v) is 2.61. The summed E-state index contributed by atoms with van der Waals surface area (Å²) in [5.74, 6) is 1.12. The van der Waals surface area contributed by atoms with E-state index in [9.17, 15) is 10.1 Å². The minimum absolute atomic E-state index is 0.0306. The third-order valence-corrected chi connectivity index (χ3v) is 3.87. The van der Waals surface area contributed by atoms with Crippen LogP contribution in [0.25, 0.3) is 0 Å². The van der Waals surface area contributed by atoms with E-state index in [0.717, 1.165) is 31.6 Å². The van der Waals surface area contributed by atoms with Crippen LogP contribution in [0.15, 0.2) is 22.7 Å². The van der Waals surface area contributed by atoms with Crippen molar-refractivity contribution < 1.29 is 9.66 Å². The van der Waals surface area contributed by atoms with Crippen LogP contribution >= 0.6 is 15.9 Å². The molecule has 0 bridgehead atoms. The Hall–Kier alpha value is -1.10. The van der Waals surface area contributed by atoms with Crippen molar-refractivity contribution in [1.29, 1.82) is 0 Å². The highest BCUT2D eigenvalue weighted by molar-refractivity contribution is 9.10. The Balaban J connectivity index is 2.11. The third kappa shape index (κ3) is 3.22. The molecule has 1 aliphatic rings. The second-order valence-electron chi connectivity index (χ2n) is 4.87. The zero-order chi connectivity index (χ0) is 13.1. The third-order valence-electron chi connectivity index (χ3n) is 3.37. The molecule has 0 radical (unpaired) electrons. The number of nitrogens with zero attached hydrogens (tertiary/aromatic N) is 1. The second kappa shape index (κ2) is 5.69. The van der Waals surface area contributed by atoms with E-state index in [1.165, 1.54) is 6.07 Å². The molecule has 98 valence electrons. The van der Waals surface area contributed by atoms with Gasteiger partial charge in [0.1, 0.15) is 0 Å². The summed E-state index contributed by atoms with van der Waals surface area (Å²) in [7, 11) is 0. The summed E-state index contributed by atoms with van der Waals surface area (Å²) >= 11 is 3.24. The van der Waals surface area contributed by atoms with Gasteiger partial charge in [-0.2, -0.15) is 0 Å². The summed E-state index contributed by atoms with van der Waals surface area (Å²) in [6.45, 7) is 2.23. The Bertz CT molecular complexity index is 442. The zero-order valence-corrected chi connectivity index (χ0v) is 11.9. The van der Waals surface area contributed by atoms with Crippen LogP contribution in [0.2, 0.25) is 0 Å². The first-order valence-electron chi connectivity index (χ1n) is 6.17. The van der Waals surface area contributed by atoms with Crippen molar-refractivity contribution in [2.45, 2.75) is 38.7 Å². The predicted octanol–water partition coefficient (Wildman–Crippen LogP) is 4.31. The lowest BCUT2D eigenvalue weighted by Gasteiger charge is -2.26. The summed E-state index contributed by atoms with van der Waals surface area (Å²) in [5, 5.41) is 11.0. The number of hydrogen-bond acceptors (Lipinski definition) is 3. The molecule has 0 N–H and O–H groups in total. The highest BCUT2D eigenvalue weighted by Gasteiger charge is 2.23. The Morgan fingerprint density at radius 2 is 2.00 bits per heavy atom. The van der Waals surface area contributed by atoms with Crippen LogP contribution in [0.3, 0.4) is 0 Å². The van der Waals surface area contributed by atoms with Crippen molar-refractivity contribution >= 4 is 21.6 Å². The first-order chi connectivity index (χ1) is 8.56. The molecular weight excluding hydrogens is 298 g/mol. The van der Waals surface area contributed by atoms with Crippen LogP contribution in [-0.4, -0.2) is 11.0 Å². The van der Waals surface area contributed by atoms with Crippen molar-refractivity contribution in [3.8, 4) is 5.75 Å². The van der Waals surface area contributed by atoms with Crippen molar-refractivity contribution in [3.05, 3.63) is 32.8 Å². The quantitative estimate of drug-likeness (QED) is 0.617. The number of nitro benzene ring substituents is 1. The molecule has 0 aromatic heterocycles. The minimum atomic E-state index is -0.397. The van der Waals surface area contributed by atoms with Gasteiger partial charge in [0.25, 0.3) is 0 Å². The fourth-order valence-electron chi connectivity index (χ4n) is 2.26. The molecule has 2 rings (SSSR count). The van der Waals surface area contributed by atoms with Gasteiger partial charge in [0.15, 0.2) is 5.75 Å². The van der Waals surface area contributed by atoms with E-state index in [-0.39, 0.29) is 11.8 Å². The van der Waals surface area contributed by atoms with E-state index in [1.807, 2.05) is 0 Å². The molecule has 0 aliphatic heterocycles. The van der Waals surface area contributed by atoms with E-state index in [2.05, 4.69) is 22.9 Å². The van der Waals surface area contributed by atoms with Crippen LogP contribution in [0.1, 0.15) is 32.6 Å². The van der Waals surface area contributed by atoms with Gasteiger partial charge in [0, 0.05) is 10.5 Å². The van der Waals surface area contributed by atoms with Gasteiger partial charge in [-0.05, 0) is 43.7 Å². The Morgan fingerprint density at radius 1 is 1.33 bits per heavy atom. The summed E-state index contributed by atoms with van der Waals surface area (Å²) in [6.07, 6.45) is 4.34. The standard InChI is InChI=1S/C13H16BrNO3/c1-9-2-5-11(6-3-9)18-13-7-4-10(14)8-12(13)15(16)17/h4,7-9,11H,2-3,5-6H2,1H3. The van der Waals surface area contributed by atoms with Gasteiger partial charge in [0.05, 0.1) is 11.0 Å². The molecule has 1 aromatic carbocycles. The normalized spacial score (nSPS) is 23.7. The van der Waals surface area contributed by atoms with Gasteiger partial charge in [-0.1, -0.05) is 22.9 Å². The Labute approximate surface area is 115 Å². The van der Waals surface area contributed by atoms with E-state index in [4.69, 9.17) is 4.74 Å². The highest BCUT2D eigenvalue weighted by Crippen LogP contribution is 2.34. The molecule has 0 atom stereocenters. The number of rotatable bonds is 3. The maximum atomic E-state index is 11.0. The fraction of sp³-hybridized carbons (Fsp3) is 0.538. The first-order valence-corrected chi connectivity index (χ1v) is 6.96. The van der Waals surface area contributed by atoms with Gasteiger partial charge in [-0.15, -0.1) is 0 Å². The molecule has 0 heterocycles. The van der Waals surface area contributed by atoms with Crippen LogP contribution in [-0.2, 0) is 0 Å². The average Bonchev–Trinajstić information content (AvgIpc) is 2.34. The topological polar surface area (TPSA) is 52.4 Å². The molecule has 1 fully saturated rings. The van der Waals surface area contributed by atoms with Crippen molar-refractivity contribution in [3.63, 3.8) is 0 Å². The van der Waals surface area contributed by atoms with E-state index in [0.29, 0.717) is 10.2 Å². The summed E-state index contributed by atoms with van der Waals surface area (Å²) in [5.41, 5.74) is 0.0306. The lowest BCUT2D eigenvalue weighted by Crippen LogP contribution is -2.23. The van der Waals surface area contributed by atoms with Crippen LogP contribution in [0.4, 0.5) is 5.69 Å². The molecule has 0 spiro atoms. The summed E-state index contributed by atoms with van der Waals surface area (Å²) in [4.78, 5) is 10.6. The molecule has 1 saturated carbocycles. The zero-order valence-electron chi connectivity index (χ0n) is 10.3. The Kier molecular flexibility index (Phi) is 4.22. The minimum Gasteiger partial charge on any atom is -0.484 e. The van der Waals surface area contributed by atoms with E-state index in [1.54, 1.807) is 12.1 Å². The number of halogens is 1. The molecular formula is C13H16BrNO3. The number of nitro groups is 1. The van der Waals surface area contributed by atoms with Crippen molar-refractivity contribution in [1.82, 2.24) is 0 Å². The molecule has 5 heteroatoms. The maximum Gasteiger partial charge on any atom is 0.312 e. The monoisotopic (exact) mass is 313 g/mol. The summed E-state index contributed by atoms with van der Waals surface area (Å²) < 4.78 is 6.48. The lowest BCUT2D eigenvalue weighted by atomic mass is 9.89. The second-order valence-corrected chi connectivity index (χ2v) is 5.78.